The van der Waals surface area contributed by atoms with Crippen LogP contribution in [0.1, 0.15) is 20.3 Å². The summed E-state index contributed by atoms with van der Waals surface area (Å²) >= 11 is 0. The molecule has 0 aliphatic rings. The number of Topliss-reactive ketones (excluding diaryl/α,β-unsaturated/α-hetero) is 1. The monoisotopic (exact) mass is 156 g/mol. The standard InChI is InChI=1S/C8H12O3/c1-6(2)4-5-7(9)8(10)11-3/h4H,5H2,1-3H3. The summed E-state index contributed by atoms with van der Waals surface area (Å²) in [4.78, 5) is 21.3. The lowest BCUT2D eigenvalue weighted by molar-refractivity contribution is -0.151. The number of esters is 1. The van der Waals surface area contributed by atoms with Crippen molar-refractivity contribution in [3.05, 3.63) is 11.6 Å². The molecule has 0 rings (SSSR count). The van der Waals surface area contributed by atoms with Gasteiger partial charge in [0.05, 0.1) is 7.11 Å². The first-order valence-electron chi connectivity index (χ1n) is 3.32. The summed E-state index contributed by atoms with van der Waals surface area (Å²) < 4.78 is 4.23. The Morgan fingerprint density at radius 2 is 1.91 bits per heavy atom. The van der Waals surface area contributed by atoms with Crippen LogP contribution < -0.4 is 0 Å². The van der Waals surface area contributed by atoms with Gasteiger partial charge in [-0.1, -0.05) is 11.6 Å². The molecule has 3 heteroatoms. The maximum atomic E-state index is 10.8. The van der Waals surface area contributed by atoms with Gasteiger partial charge in [0.15, 0.2) is 0 Å². The Kier molecular flexibility index (Phi) is 4.18. The fourth-order valence-electron chi connectivity index (χ4n) is 0.494. The number of ether oxygens (including phenoxy) is 1. The number of methoxy groups -OCH3 is 1. The zero-order valence-electron chi connectivity index (χ0n) is 7.01. The molecule has 0 spiro atoms. The van der Waals surface area contributed by atoms with E-state index in [-0.39, 0.29) is 6.42 Å². The molecule has 0 aromatic heterocycles. The van der Waals surface area contributed by atoms with E-state index in [9.17, 15) is 9.59 Å². The third-order valence-electron chi connectivity index (χ3n) is 1.11. The molecule has 0 amide bonds. The summed E-state index contributed by atoms with van der Waals surface area (Å²) in [6, 6.07) is 0. The quantitative estimate of drug-likeness (QED) is 0.349. The molecule has 0 aromatic rings. The van der Waals surface area contributed by atoms with Crippen molar-refractivity contribution >= 4 is 11.8 Å². The second kappa shape index (κ2) is 4.66. The van der Waals surface area contributed by atoms with Gasteiger partial charge in [0, 0.05) is 6.42 Å². The molecule has 62 valence electrons. The van der Waals surface area contributed by atoms with E-state index in [1.54, 1.807) is 6.08 Å². The summed E-state index contributed by atoms with van der Waals surface area (Å²) in [6.07, 6.45) is 1.83. The minimum Gasteiger partial charge on any atom is -0.463 e. The molecule has 3 nitrogen and oxygen atoms in total. The predicted molar refractivity (Wildman–Crippen MR) is 41.1 cm³/mol. The highest BCUT2D eigenvalue weighted by molar-refractivity contribution is 6.33. The summed E-state index contributed by atoms with van der Waals surface area (Å²) in [5.41, 5.74) is 1.02. The van der Waals surface area contributed by atoms with Crippen molar-refractivity contribution in [3.8, 4) is 0 Å². The molecule has 0 N–H and O–H groups in total. The number of rotatable bonds is 3. The van der Waals surface area contributed by atoms with Crippen LogP contribution in [0.4, 0.5) is 0 Å². The Morgan fingerprint density at radius 3 is 2.27 bits per heavy atom. The Labute approximate surface area is 66.0 Å². The molecule has 0 saturated carbocycles. The van der Waals surface area contributed by atoms with Gasteiger partial charge < -0.3 is 4.74 Å². The lowest BCUT2D eigenvalue weighted by Crippen LogP contribution is -2.14. The van der Waals surface area contributed by atoms with E-state index in [1.807, 2.05) is 13.8 Å². The van der Waals surface area contributed by atoms with Gasteiger partial charge in [0.2, 0.25) is 5.78 Å². The minimum atomic E-state index is -0.775. The predicted octanol–water partition coefficient (Wildman–Crippen LogP) is 1.08. The maximum absolute atomic E-state index is 10.8. The molecule has 0 unspecified atom stereocenters. The molecule has 0 aliphatic heterocycles. The van der Waals surface area contributed by atoms with Crippen molar-refractivity contribution in [2.45, 2.75) is 20.3 Å². The first-order chi connectivity index (χ1) is 5.07. The second-order valence-electron chi connectivity index (χ2n) is 2.40. The summed E-state index contributed by atoms with van der Waals surface area (Å²) in [5.74, 6) is -1.28. The van der Waals surface area contributed by atoms with E-state index in [4.69, 9.17) is 0 Å². The van der Waals surface area contributed by atoms with Gasteiger partial charge in [-0.2, -0.15) is 0 Å². The molecule has 0 heterocycles. The van der Waals surface area contributed by atoms with Crippen molar-refractivity contribution < 1.29 is 14.3 Å². The first-order valence-corrected chi connectivity index (χ1v) is 3.32. The van der Waals surface area contributed by atoms with Crippen LogP contribution >= 0.6 is 0 Å². The highest BCUT2D eigenvalue weighted by Crippen LogP contribution is 1.94. The van der Waals surface area contributed by atoms with Crippen molar-refractivity contribution in [1.82, 2.24) is 0 Å². The van der Waals surface area contributed by atoms with Crippen molar-refractivity contribution in [3.63, 3.8) is 0 Å². The van der Waals surface area contributed by atoms with Crippen LogP contribution in [0.3, 0.4) is 0 Å². The Morgan fingerprint density at radius 1 is 1.36 bits per heavy atom. The molecule has 0 atom stereocenters. The lowest BCUT2D eigenvalue weighted by atomic mass is 10.2. The van der Waals surface area contributed by atoms with E-state index < -0.39 is 11.8 Å². The number of ketones is 1. The number of hydrogen-bond donors (Lipinski definition) is 0. The van der Waals surface area contributed by atoms with E-state index in [1.165, 1.54) is 7.11 Å². The van der Waals surface area contributed by atoms with Crippen molar-refractivity contribution in [2.24, 2.45) is 0 Å². The fourth-order valence-corrected chi connectivity index (χ4v) is 0.494. The zero-order chi connectivity index (χ0) is 8.85. The zero-order valence-corrected chi connectivity index (χ0v) is 7.01. The normalized spacial score (nSPS) is 8.64. The van der Waals surface area contributed by atoms with Gasteiger partial charge in [0.25, 0.3) is 0 Å². The maximum Gasteiger partial charge on any atom is 0.374 e. The summed E-state index contributed by atoms with van der Waals surface area (Å²) in [5, 5.41) is 0. The van der Waals surface area contributed by atoms with Crippen LogP contribution in [0.15, 0.2) is 11.6 Å². The van der Waals surface area contributed by atoms with Gasteiger partial charge in [0.1, 0.15) is 0 Å². The number of carbonyl (C=O) groups excluding carboxylic acids is 2. The molecule has 0 aromatic carbocycles. The van der Waals surface area contributed by atoms with Crippen LogP contribution in [-0.4, -0.2) is 18.9 Å². The van der Waals surface area contributed by atoms with Crippen molar-refractivity contribution in [1.29, 1.82) is 0 Å². The minimum absolute atomic E-state index is 0.134. The SMILES string of the molecule is COC(=O)C(=O)CC=C(C)C. The second-order valence-corrected chi connectivity index (χ2v) is 2.40. The Balaban J connectivity index is 3.89. The fraction of sp³-hybridized carbons (Fsp3) is 0.500. The summed E-state index contributed by atoms with van der Waals surface area (Å²) in [6.45, 7) is 3.73. The van der Waals surface area contributed by atoms with E-state index in [0.29, 0.717) is 0 Å². The molecule has 0 radical (unpaired) electrons. The third kappa shape index (κ3) is 4.31. The largest absolute Gasteiger partial charge is 0.463 e. The average molecular weight is 156 g/mol. The third-order valence-corrected chi connectivity index (χ3v) is 1.11. The molecule has 0 aliphatic carbocycles. The van der Waals surface area contributed by atoms with Gasteiger partial charge in [-0.3, -0.25) is 4.79 Å². The van der Waals surface area contributed by atoms with E-state index in [0.717, 1.165) is 5.57 Å². The average Bonchev–Trinajstić information content (AvgIpc) is 1.98. The topological polar surface area (TPSA) is 43.4 Å². The lowest BCUT2D eigenvalue weighted by Gasteiger charge is -1.93. The summed E-state index contributed by atoms with van der Waals surface area (Å²) in [7, 11) is 1.20. The molecule has 11 heavy (non-hydrogen) atoms. The Bertz CT molecular complexity index is 188. The molecule has 0 fully saturated rings. The highest BCUT2D eigenvalue weighted by Gasteiger charge is 2.10. The molecular weight excluding hydrogens is 144 g/mol. The number of hydrogen-bond acceptors (Lipinski definition) is 3. The van der Waals surface area contributed by atoms with Gasteiger partial charge >= 0.3 is 5.97 Å². The van der Waals surface area contributed by atoms with Crippen molar-refractivity contribution in [2.75, 3.05) is 7.11 Å². The van der Waals surface area contributed by atoms with E-state index >= 15 is 0 Å². The van der Waals surface area contributed by atoms with Crippen LogP contribution in [0.2, 0.25) is 0 Å². The highest BCUT2D eigenvalue weighted by atomic mass is 16.5. The first kappa shape index (κ1) is 9.88. The molecule has 0 bridgehead atoms. The molecule has 0 saturated heterocycles. The van der Waals surface area contributed by atoms with Gasteiger partial charge in [-0.25, -0.2) is 4.79 Å². The van der Waals surface area contributed by atoms with Crippen LogP contribution in [-0.2, 0) is 14.3 Å². The van der Waals surface area contributed by atoms with Crippen LogP contribution in [0, 0.1) is 0 Å². The van der Waals surface area contributed by atoms with Crippen LogP contribution in [0.5, 0.6) is 0 Å². The van der Waals surface area contributed by atoms with Crippen LogP contribution in [0.25, 0.3) is 0 Å². The Hall–Kier alpha value is -1.12. The smallest absolute Gasteiger partial charge is 0.374 e. The number of allylic oxidation sites excluding steroid dienone is 2. The van der Waals surface area contributed by atoms with Gasteiger partial charge in [-0.15, -0.1) is 0 Å². The van der Waals surface area contributed by atoms with Gasteiger partial charge in [-0.05, 0) is 13.8 Å². The number of carbonyl (C=O) groups is 2. The van der Waals surface area contributed by atoms with E-state index in [2.05, 4.69) is 4.74 Å². The molecular formula is C8H12O3.